The highest BCUT2D eigenvalue weighted by Gasteiger charge is 2.48. The van der Waals surface area contributed by atoms with Crippen molar-refractivity contribution in [3.05, 3.63) is 46.1 Å². The zero-order valence-electron chi connectivity index (χ0n) is 73.7. The van der Waals surface area contributed by atoms with E-state index in [-0.39, 0.29) is 155 Å². The quantitative estimate of drug-likeness (QED) is 0.00832. The lowest BCUT2D eigenvalue weighted by Gasteiger charge is -2.39. The Morgan fingerprint density at radius 3 is 1.01 bits per heavy atom. The summed E-state index contributed by atoms with van der Waals surface area (Å²) < 4.78 is 82.9. The second-order valence-corrected chi connectivity index (χ2v) is 35.7. The lowest BCUT2D eigenvalue weighted by atomic mass is 9.99. The molecule has 740 valence electrons. The molecule has 50 heteroatoms. The van der Waals surface area contributed by atoms with Crippen LogP contribution in [0.2, 0.25) is 0 Å². The van der Waals surface area contributed by atoms with E-state index in [9.17, 15) is 86.2 Å². The van der Waals surface area contributed by atoms with Crippen LogP contribution >= 0.6 is 47.0 Å². The van der Waals surface area contributed by atoms with E-state index >= 15 is 0 Å². The Labute approximate surface area is 772 Å². The maximum absolute atomic E-state index is 14.2. The fourth-order valence-corrected chi connectivity index (χ4v) is 17.7. The molecule has 7 rings (SSSR count). The van der Waals surface area contributed by atoms with Crippen LogP contribution in [-0.2, 0) is 115 Å². The van der Waals surface area contributed by atoms with Crippen LogP contribution in [0.4, 0.5) is 0 Å². The molecule has 18 N–H and O–H groups in total. The average Bonchev–Trinajstić information content (AvgIpc) is 0.996. The van der Waals surface area contributed by atoms with Crippen LogP contribution in [0.25, 0.3) is 10.4 Å². The van der Waals surface area contributed by atoms with E-state index in [0.29, 0.717) is 35.2 Å². The summed E-state index contributed by atoms with van der Waals surface area (Å²) in [6.07, 6.45) is -1.19. The van der Waals surface area contributed by atoms with Gasteiger partial charge in [-0.15, -0.1) is 34.6 Å². The van der Waals surface area contributed by atoms with Gasteiger partial charge in [-0.1, -0.05) is 66.2 Å². The van der Waals surface area contributed by atoms with Gasteiger partial charge in [-0.3, -0.25) is 9.59 Å². The third kappa shape index (κ3) is 40.8. The van der Waals surface area contributed by atoms with E-state index in [4.69, 9.17) is 96.2 Å². The van der Waals surface area contributed by atoms with E-state index in [1.54, 1.807) is 18.6 Å². The zero-order valence-corrected chi connectivity index (χ0v) is 77.0. The number of thioether (sulfide) groups is 4. The lowest BCUT2D eigenvalue weighted by Crippen LogP contribution is -2.59. The molecule has 0 aliphatic carbocycles. The maximum Gasteiger partial charge on any atom is 0.220 e. The van der Waals surface area contributed by atoms with Gasteiger partial charge in [-0.05, 0) is 67.1 Å². The number of azide groups is 1. The first-order chi connectivity index (χ1) is 62.7. The third-order valence-corrected chi connectivity index (χ3v) is 25.8. The van der Waals surface area contributed by atoms with Crippen molar-refractivity contribution in [3.63, 3.8) is 0 Å². The van der Waals surface area contributed by atoms with Gasteiger partial charge in [-0.25, -0.2) is 14.0 Å². The highest BCUT2D eigenvalue weighted by molar-refractivity contribution is 8.03. The van der Waals surface area contributed by atoms with Gasteiger partial charge in [0, 0.05) is 46.3 Å². The molecule has 4 saturated heterocycles. The number of carbonyl (C=O) groups is 2. The molecule has 4 aliphatic heterocycles. The highest BCUT2D eigenvalue weighted by atomic mass is 32.2. The van der Waals surface area contributed by atoms with E-state index < -0.39 is 160 Å². The number of ether oxygens (including phenoxy) is 14. The van der Waals surface area contributed by atoms with Gasteiger partial charge in [0.15, 0.2) is 25.2 Å². The van der Waals surface area contributed by atoms with Crippen molar-refractivity contribution in [1.82, 2.24) is 55.6 Å². The molecule has 0 aromatic carbocycles. The molecule has 130 heavy (non-hydrogen) atoms. The van der Waals surface area contributed by atoms with Gasteiger partial charge < -0.3 is 159 Å². The topological polar surface area (TPSA) is 652 Å². The summed E-state index contributed by atoms with van der Waals surface area (Å²) in [4.78, 5) is 29.6. The van der Waals surface area contributed by atoms with Crippen molar-refractivity contribution in [3.8, 4) is 37.0 Å². The number of rotatable bonds is 63. The van der Waals surface area contributed by atoms with Crippen molar-refractivity contribution in [2.24, 2.45) is 5.11 Å². The molecule has 0 spiro atoms. The van der Waals surface area contributed by atoms with E-state index in [0.717, 1.165) is 66.6 Å². The first-order valence-corrected chi connectivity index (χ1v) is 47.2. The van der Waals surface area contributed by atoms with Crippen LogP contribution in [0.5, 0.6) is 0 Å². The van der Waals surface area contributed by atoms with Crippen LogP contribution < -0.4 is 10.6 Å². The van der Waals surface area contributed by atoms with Gasteiger partial charge in [0.25, 0.3) is 0 Å². The van der Waals surface area contributed by atoms with Crippen LogP contribution in [0, 0.1) is 37.0 Å². The zero-order chi connectivity index (χ0) is 95.2. The summed E-state index contributed by atoms with van der Waals surface area (Å²) in [6.45, 7) is 6.31. The molecule has 22 atom stereocenters. The smallest absolute Gasteiger partial charge is 0.220 e. The number of terminal acetylenes is 3. The molecule has 0 radical (unpaired) electrons. The van der Waals surface area contributed by atoms with Gasteiger partial charge in [0.1, 0.15) is 146 Å². The minimum atomic E-state index is -1.61. The monoisotopic (exact) mass is 1930 g/mol. The van der Waals surface area contributed by atoms with Gasteiger partial charge in [0.05, 0.1) is 151 Å². The Hall–Kier alpha value is -5.45. The van der Waals surface area contributed by atoms with E-state index in [1.807, 2.05) is 47.0 Å². The predicted molar refractivity (Wildman–Crippen MR) is 469 cm³/mol. The predicted octanol–water partition coefficient (Wildman–Crippen LogP) is -4.51. The first kappa shape index (κ1) is 115. The number of hydrogen-bond donors (Lipinski definition) is 18. The Balaban J connectivity index is 0.000000506. The van der Waals surface area contributed by atoms with Crippen LogP contribution in [-0.4, -0.2) is 436 Å². The maximum atomic E-state index is 14.2. The summed E-state index contributed by atoms with van der Waals surface area (Å²) >= 11 is 7.57. The van der Waals surface area contributed by atoms with Crippen molar-refractivity contribution in [2.75, 3.05) is 153 Å². The van der Waals surface area contributed by atoms with Crippen LogP contribution in [0.3, 0.4) is 0 Å². The summed E-state index contributed by atoms with van der Waals surface area (Å²) in [5, 5.41) is 193. The van der Waals surface area contributed by atoms with Crippen molar-refractivity contribution in [1.29, 1.82) is 0 Å². The summed E-state index contributed by atoms with van der Waals surface area (Å²) in [7, 11) is 0. The SMILES string of the molecule is C#CCOCC(COCC#C)(COCC#C)NC(=O)CCC(CSCCC)SCCC.CCCSCC(CCC(=O)NC(COCc1cn(CCOC2OC(CO)C(O)C(O)C2O)nn1)(COCc1cn(CCOC2OC(CO)C(O)C(O)C2O)nn1)COCc1cn(CCOC2OC(CO)C(O)C(O)C2O)nn1)SCCC.[N-]=[N+]=NCCOC1OC(CO)C(O)C(O)C1O. The molecule has 46 nitrogen and oxygen atoms in total. The molecule has 3 aromatic heterocycles. The van der Waals surface area contributed by atoms with Crippen LogP contribution in [0.1, 0.15) is 96.1 Å². The number of aliphatic hydroxyl groups excluding tert-OH is 16. The number of nitrogens with zero attached hydrogens (tertiary/aromatic N) is 12. The Kier molecular flexibility index (Phi) is 57.8. The third-order valence-electron chi connectivity index (χ3n) is 19.7. The molecular weight excluding hydrogens is 1800 g/mol. The Morgan fingerprint density at radius 2 is 0.738 bits per heavy atom. The summed E-state index contributed by atoms with van der Waals surface area (Å²) in [5.41, 5.74) is 6.89. The number of aromatic nitrogens is 9. The van der Waals surface area contributed by atoms with Gasteiger partial charge >= 0.3 is 0 Å². The van der Waals surface area contributed by atoms with Crippen molar-refractivity contribution < 1.29 is 158 Å². The van der Waals surface area contributed by atoms with E-state index in [1.165, 1.54) is 14.0 Å². The normalized spacial score (nSPS) is 26.6. The molecule has 2 amide bonds. The number of carbonyl (C=O) groups excluding carboxylic acids is 2. The van der Waals surface area contributed by atoms with Gasteiger partial charge in [-0.2, -0.15) is 47.0 Å². The fourth-order valence-electron chi connectivity index (χ4n) is 12.9. The van der Waals surface area contributed by atoms with Crippen LogP contribution in [0.15, 0.2) is 23.7 Å². The number of hydrogen-bond acceptors (Lipinski definition) is 43. The Morgan fingerprint density at radius 1 is 0.454 bits per heavy atom. The highest BCUT2D eigenvalue weighted by Crippen LogP contribution is 2.29. The number of nitrogens with one attached hydrogen (secondary N) is 2. The molecule has 7 heterocycles. The standard InChI is InChI=1S/C48H82N10O22S2.C24H37NO4S2.C8H15N3O6/c1-3-13-81-24-31(82-14-4-2)5-6-35(62)49-48(25-72-21-28-15-56(53-50-28)7-10-75-45-42(69)39(66)36(63)32(18-59)78-45,26-73-22-29-16-57(54-51-29)8-11-76-46-43(70)40(67)37(64)33(19-60)79-46)27-74-23-30-17-58(55-52-30)9-12-77-47-44(71)41(68)38(65)34(20-61)80-47;1-6-13-27-19-24(20-28-14-7-2,21-29-15-8-3)25-23(26)12-11-22(31-17-10-5)18-30-16-9-4;9-11-10-1-2-16-8-7(15)6(14)5(13)4(3-12)17-8/h15-17,31-34,36-47,59-61,63-71H,3-14,18-27H2,1-2H3,(H,49,62);1-3,22H,9-21H2,4-5H3,(H,25,26);4-8,12-15H,1-3H2. The number of amides is 2. The van der Waals surface area contributed by atoms with E-state index in [2.05, 4.69) is 97.1 Å². The molecule has 4 fully saturated rings. The summed E-state index contributed by atoms with van der Waals surface area (Å²) in [6, 6.07) is 0. The second-order valence-electron chi connectivity index (χ2n) is 30.6. The van der Waals surface area contributed by atoms with Crippen molar-refractivity contribution >= 4 is 58.9 Å². The molecule has 4 aliphatic rings. The second kappa shape index (κ2) is 65.3. The lowest BCUT2D eigenvalue weighted by molar-refractivity contribution is -0.301. The largest absolute Gasteiger partial charge is 0.394 e. The minimum absolute atomic E-state index is 0.00719. The molecule has 3 aromatic rings. The average molecular weight is 1930 g/mol. The molecular formula is C80H134N14O32S4. The molecule has 0 bridgehead atoms. The Bertz CT molecular complexity index is 3460. The molecule has 22 unspecified atom stereocenters. The fraction of sp³-hybridized carbons (Fsp3) is 0.825. The van der Waals surface area contributed by atoms with Gasteiger partial charge in [0.2, 0.25) is 11.8 Å². The first-order valence-electron chi connectivity index (χ1n) is 42.8. The molecule has 0 saturated carbocycles. The minimum Gasteiger partial charge on any atom is -0.394 e. The number of aliphatic hydroxyl groups is 16. The summed E-state index contributed by atoms with van der Waals surface area (Å²) in [5.74, 6) is 13.0. The van der Waals surface area contributed by atoms with Crippen molar-refractivity contribution in [2.45, 2.75) is 263 Å².